The van der Waals surface area contributed by atoms with Crippen LogP contribution in [0.4, 0.5) is 5.69 Å². The Labute approximate surface area is 136 Å². The number of carboxylic acids is 1. The van der Waals surface area contributed by atoms with Crippen molar-refractivity contribution >= 4 is 17.4 Å². The third-order valence-corrected chi connectivity index (χ3v) is 3.50. The highest BCUT2D eigenvalue weighted by Gasteiger charge is 2.05. The summed E-state index contributed by atoms with van der Waals surface area (Å²) in [4.78, 5) is 19.8. The number of hydrogen-bond donors (Lipinski definition) is 2. The molecule has 0 radical (unpaired) electrons. The molecule has 1 aromatic heterocycles. The summed E-state index contributed by atoms with van der Waals surface area (Å²) in [6.45, 7) is 5.26. The van der Waals surface area contributed by atoms with Crippen molar-refractivity contribution in [1.29, 1.82) is 0 Å². The second kappa shape index (κ2) is 8.19. The molecular weight excluding hydrogens is 290 g/mol. The number of nitrogens with one attached hydrogen (secondary N) is 1. The molecule has 23 heavy (non-hydrogen) atoms. The molecule has 0 aliphatic heterocycles. The topological polar surface area (TPSA) is 74.6 Å². The highest BCUT2D eigenvalue weighted by atomic mass is 16.4. The number of pyridine rings is 1. The quantitative estimate of drug-likeness (QED) is 0.769. The van der Waals surface area contributed by atoms with Crippen molar-refractivity contribution in [2.75, 3.05) is 6.54 Å². The van der Waals surface area contributed by atoms with Crippen LogP contribution in [0.15, 0.2) is 47.6 Å². The van der Waals surface area contributed by atoms with Gasteiger partial charge in [-0.3, -0.25) is 9.98 Å². The molecule has 1 heterocycles. The molecule has 2 rings (SSSR count). The minimum Gasteiger partial charge on any atom is -0.478 e. The van der Waals surface area contributed by atoms with Gasteiger partial charge in [0.2, 0.25) is 0 Å². The molecule has 0 bridgehead atoms. The first-order chi connectivity index (χ1) is 11.1. The number of aromatic carboxylic acids is 1. The van der Waals surface area contributed by atoms with Gasteiger partial charge in [0.05, 0.1) is 16.9 Å². The number of carboxylic acid groups (broad SMARTS) is 1. The predicted octanol–water partition coefficient (Wildman–Crippen LogP) is 3.36. The molecule has 0 unspecified atom stereocenters. The predicted molar refractivity (Wildman–Crippen MR) is 91.5 cm³/mol. The molecule has 2 aromatic rings. The van der Waals surface area contributed by atoms with Crippen molar-refractivity contribution < 1.29 is 9.90 Å². The third kappa shape index (κ3) is 5.00. The van der Waals surface area contributed by atoms with E-state index in [0.29, 0.717) is 18.8 Å². The Bertz CT molecular complexity index is 711. The third-order valence-electron chi connectivity index (χ3n) is 3.50. The average Bonchev–Trinajstić information content (AvgIpc) is 2.56. The molecule has 0 saturated heterocycles. The Morgan fingerprint density at radius 3 is 2.78 bits per heavy atom. The number of rotatable bonds is 7. The number of aryl methyl sites for hydroxylation is 1. The summed E-state index contributed by atoms with van der Waals surface area (Å²) in [5, 5.41) is 12.3. The Balaban J connectivity index is 1.97. The van der Waals surface area contributed by atoms with Crippen LogP contribution < -0.4 is 5.32 Å². The number of para-hydroxylation sites is 1. The SMILES string of the molecule is CCC(CNCc1cc(C(=O)O)ccn1)=Nc1ccccc1C. The van der Waals surface area contributed by atoms with Crippen molar-refractivity contribution in [3.8, 4) is 0 Å². The molecule has 120 valence electrons. The maximum Gasteiger partial charge on any atom is 0.335 e. The smallest absolute Gasteiger partial charge is 0.335 e. The molecule has 0 aliphatic rings. The summed E-state index contributed by atoms with van der Waals surface area (Å²) >= 11 is 0. The molecule has 5 nitrogen and oxygen atoms in total. The van der Waals surface area contributed by atoms with Crippen LogP contribution in [0.5, 0.6) is 0 Å². The largest absolute Gasteiger partial charge is 0.478 e. The summed E-state index contributed by atoms with van der Waals surface area (Å²) in [7, 11) is 0. The van der Waals surface area contributed by atoms with Crippen LogP contribution in [-0.2, 0) is 6.54 Å². The number of carbonyl (C=O) groups is 1. The van der Waals surface area contributed by atoms with Crippen LogP contribution >= 0.6 is 0 Å². The van der Waals surface area contributed by atoms with Gasteiger partial charge in [-0.1, -0.05) is 25.1 Å². The highest BCUT2D eigenvalue weighted by Crippen LogP contribution is 2.17. The fourth-order valence-corrected chi connectivity index (χ4v) is 2.15. The van der Waals surface area contributed by atoms with Crippen molar-refractivity contribution in [2.45, 2.75) is 26.8 Å². The van der Waals surface area contributed by atoms with Gasteiger partial charge in [0.1, 0.15) is 0 Å². The standard InChI is InChI=1S/C18H21N3O2/c1-3-15(21-17-7-5-4-6-13(17)2)11-19-12-16-10-14(18(22)23)8-9-20-16/h4-10,19H,3,11-12H2,1-2H3,(H,22,23). The second-order valence-corrected chi connectivity index (χ2v) is 5.26. The van der Waals surface area contributed by atoms with Gasteiger partial charge < -0.3 is 10.4 Å². The molecule has 2 N–H and O–H groups in total. The van der Waals surface area contributed by atoms with E-state index in [1.807, 2.05) is 31.2 Å². The van der Waals surface area contributed by atoms with Crippen molar-refractivity contribution in [3.63, 3.8) is 0 Å². The van der Waals surface area contributed by atoms with Crippen LogP contribution in [0.1, 0.15) is 35.0 Å². The van der Waals surface area contributed by atoms with Crippen LogP contribution in [0.25, 0.3) is 0 Å². The first-order valence-electron chi connectivity index (χ1n) is 7.61. The lowest BCUT2D eigenvalue weighted by Crippen LogP contribution is -2.22. The lowest BCUT2D eigenvalue weighted by atomic mass is 10.2. The number of aliphatic imine (C=N–C) groups is 1. The van der Waals surface area contributed by atoms with Gasteiger partial charge >= 0.3 is 5.97 Å². The minimum absolute atomic E-state index is 0.251. The van der Waals surface area contributed by atoms with E-state index in [1.165, 1.54) is 12.3 Å². The van der Waals surface area contributed by atoms with E-state index < -0.39 is 5.97 Å². The van der Waals surface area contributed by atoms with Crippen molar-refractivity contribution in [3.05, 3.63) is 59.4 Å². The summed E-state index contributed by atoms with van der Waals surface area (Å²) in [6.07, 6.45) is 2.37. The molecule has 0 saturated carbocycles. The Morgan fingerprint density at radius 1 is 1.30 bits per heavy atom. The van der Waals surface area contributed by atoms with Gasteiger partial charge in [0.25, 0.3) is 0 Å². The zero-order valence-electron chi connectivity index (χ0n) is 13.4. The zero-order valence-corrected chi connectivity index (χ0v) is 13.4. The summed E-state index contributed by atoms with van der Waals surface area (Å²) < 4.78 is 0. The van der Waals surface area contributed by atoms with Gasteiger partial charge in [0.15, 0.2) is 0 Å². The number of nitrogens with zero attached hydrogens (tertiary/aromatic N) is 2. The summed E-state index contributed by atoms with van der Waals surface area (Å²) in [5.41, 5.74) is 4.14. The Hall–Kier alpha value is -2.53. The van der Waals surface area contributed by atoms with Gasteiger partial charge in [-0.15, -0.1) is 0 Å². The number of aromatic nitrogens is 1. The Kier molecular flexibility index (Phi) is 6.00. The van der Waals surface area contributed by atoms with E-state index in [-0.39, 0.29) is 5.56 Å². The molecule has 1 aromatic carbocycles. The first kappa shape index (κ1) is 16.8. The number of benzene rings is 1. The Morgan fingerprint density at radius 2 is 2.09 bits per heavy atom. The van der Waals surface area contributed by atoms with Gasteiger partial charge in [0, 0.05) is 25.0 Å². The molecule has 0 atom stereocenters. The summed E-state index contributed by atoms with van der Waals surface area (Å²) in [6, 6.07) is 11.1. The molecule has 0 spiro atoms. The molecule has 0 amide bonds. The van der Waals surface area contributed by atoms with E-state index in [4.69, 9.17) is 10.1 Å². The zero-order chi connectivity index (χ0) is 16.7. The maximum atomic E-state index is 10.9. The van der Waals surface area contributed by atoms with Gasteiger partial charge in [-0.25, -0.2) is 4.79 Å². The van der Waals surface area contributed by atoms with Gasteiger partial charge in [-0.05, 0) is 37.1 Å². The summed E-state index contributed by atoms with van der Waals surface area (Å²) in [5.74, 6) is -0.941. The van der Waals surface area contributed by atoms with E-state index in [9.17, 15) is 4.79 Å². The van der Waals surface area contributed by atoms with E-state index in [0.717, 1.165) is 23.4 Å². The van der Waals surface area contributed by atoms with Crippen LogP contribution in [-0.4, -0.2) is 28.3 Å². The fourth-order valence-electron chi connectivity index (χ4n) is 2.15. The van der Waals surface area contributed by atoms with Crippen LogP contribution in [0, 0.1) is 6.92 Å². The van der Waals surface area contributed by atoms with Crippen LogP contribution in [0.3, 0.4) is 0 Å². The fraction of sp³-hybridized carbons (Fsp3) is 0.278. The van der Waals surface area contributed by atoms with E-state index in [2.05, 4.69) is 17.2 Å². The molecular formula is C18H21N3O2. The van der Waals surface area contributed by atoms with Crippen molar-refractivity contribution in [1.82, 2.24) is 10.3 Å². The lowest BCUT2D eigenvalue weighted by Gasteiger charge is -2.08. The number of hydrogen-bond acceptors (Lipinski definition) is 4. The molecule has 5 heteroatoms. The van der Waals surface area contributed by atoms with E-state index in [1.54, 1.807) is 6.07 Å². The molecule has 0 fully saturated rings. The average molecular weight is 311 g/mol. The first-order valence-corrected chi connectivity index (χ1v) is 7.61. The highest BCUT2D eigenvalue weighted by molar-refractivity contribution is 5.89. The van der Waals surface area contributed by atoms with Crippen LogP contribution in [0.2, 0.25) is 0 Å². The van der Waals surface area contributed by atoms with E-state index >= 15 is 0 Å². The maximum absolute atomic E-state index is 10.9. The normalized spacial score (nSPS) is 11.5. The molecule has 0 aliphatic carbocycles. The monoisotopic (exact) mass is 311 g/mol. The minimum atomic E-state index is -0.941. The lowest BCUT2D eigenvalue weighted by molar-refractivity contribution is 0.0696. The van der Waals surface area contributed by atoms with Gasteiger partial charge in [-0.2, -0.15) is 0 Å². The van der Waals surface area contributed by atoms with Crippen molar-refractivity contribution in [2.24, 2.45) is 4.99 Å². The second-order valence-electron chi connectivity index (χ2n) is 5.26.